The Balaban J connectivity index is 0.000000980. The van der Waals surface area contributed by atoms with Crippen molar-refractivity contribution < 1.29 is 9.59 Å². The molecule has 2 unspecified atom stereocenters. The summed E-state index contributed by atoms with van der Waals surface area (Å²) in [5.41, 5.74) is 5.04. The Bertz CT molecular complexity index is 271. The number of rotatable bonds is 0. The second-order valence-electron chi connectivity index (χ2n) is 3.73. The number of halogens is 1. The van der Waals surface area contributed by atoms with Crippen LogP contribution in [0, 0.1) is 0 Å². The van der Waals surface area contributed by atoms with E-state index in [1.54, 1.807) is 0 Å². The van der Waals surface area contributed by atoms with Crippen LogP contribution in [0.1, 0.15) is 25.7 Å². The normalized spacial score (nSPS) is 36.2. The Hall–Kier alpha value is -0.810. The number of hydrogen-bond donors (Lipinski definition) is 3. The fourth-order valence-corrected chi connectivity index (χ4v) is 2.14. The number of urea groups is 1. The molecule has 1 saturated heterocycles. The average molecular weight is 220 g/mol. The maximum Gasteiger partial charge on any atom is 0.322 e. The van der Waals surface area contributed by atoms with E-state index in [9.17, 15) is 9.59 Å². The van der Waals surface area contributed by atoms with Gasteiger partial charge in [0.05, 0.1) is 0 Å². The number of amides is 3. The maximum absolute atomic E-state index is 11.5. The third kappa shape index (κ3) is 1.46. The average Bonchev–Trinajstić information content (AvgIpc) is 2.35. The van der Waals surface area contributed by atoms with Crippen molar-refractivity contribution in [1.82, 2.24) is 10.6 Å². The number of hydrogen-bond acceptors (Lipinski definition) is 3. The predicted molar refractivity (Wildman–Crippen MR) is 53.1 cm³/mol. The molecule has 14 heavy (non-hydrogen) atoms. The molecule has 2 rings (SSSR count). The zero-order valence-electron chi connectivity index (χ0n) is 7.71. The Morgan fingerprint density at radius 3 is 2.57 bits per heavy atom. The van der Waals surface area contributed by atoms with Gasteiger partial charge in [-0.3, -0.25) is 10.1 Å². The molecule has 0 aromatic carbocycles. The topological polar surface area (TPSA) is 84.2 Å². The van der Waals surface area contributed by atoms with Crippen molar-refractivity contribution in [3.63, 3.8) is 0 Å². The summed E-state index contributed by atoms with van der Waals surface area (Å²) in [6, 6.07) is -0.657. The Labute approximate surface area is 88.2 Å². The van der Waals surface area contributed by atoms with Gasteiger partial charge in [0.1, 0.15) is 5.54 Å². The Kier molecular flexibility index (Phi) is 3.01. The second kappa shape index (κ2) is 3.74. The van der Waals surface area contributed by atoms with Crippen molar-refractivity contribution >= 4 is 24.3 Å². The first-order valence-electron chi connectivity index (χ1n) is 4.54. The van der Waals surface area contributed by atoms with Gasteiger partial charge in [-0.2, -0.15) is 0 Å². The molecule has 3 amide bonds. The molecule has 1 aliphatic heterocycles. The van der Waals surface area contributed by atoms with Crippen LogP contribution >= 0.6 is 12.4 Å². The van der Waals surface area contributed by atoms with Crippen LogP contribution in [0.25, 0.3) is 0 Å². The molecule has 2 atom stereocenters. The van der Waals surface area contributed by atoms with Crippen molar-refractivity contribution in [2.75, 3.05) is 0 Å². The molecule has 6 heteroatoms. The Morgan fingerprint density at radius 2 is 2.07 bits per heavy atom. The molecule has 0 aromatic rings. The third-order valence-electron chi connectivity index (χ3n) is 2.94. The fourth-order valence-electron chi connectivity index (χ4n) is 2.14. The van der Waals surface area contributed by atoms with E-state index < -0.39 is 11.6 Å². The van der Waals surface area contributed by atoms with Crippen LogP contribution in [0.3, 0.4) is 0 Å². The molecule has 1 aliphatic carbocycles. The SMILES string of the molecule is Cl.NC1CCCCC12NC(=O)NC2=O. The summed E-state index contributed by atoms with van der Waals surface area (Å²) in [6.07, 6.45) is 3.44. The fraction of sp³-hybridized carbons (Fsp3) is 0.750. The minimum absolute atomic E-state index is 0. The molecule has 80 valence electrons. The molecule has 0 bridgehead atoms. The quantitative estimate of drug-likeness (QED) is 0.497. The van der Waals surface area contributed by atoms with Crippen LogP contribution in [0.4, 0.5) is 4.79 Å². The van der Waals surface area contributed by atoms with E-state index in [1.807, 2.05) is 0 Å². The molecule has 2 fully saturated rings. The summed E-state index contributed by atoms with van der Waals surface area (Å²) in [6.45, 7) is 0. The zero-order valence-corrected chi connectivity index (χ0v) is 8.52. The van der Waals surface area contributed by atoms with Crippen LogP contribution in [-0.4, -0.2) is 23.5 Å². The molecular formula is C8H14ClN3O2. The first kappa shape index (κ1) is 11.3. The Morgan fingerprint density at radius 1 is 1.36 bits per heavy atom. The highest BCUT2D eigenvalue weighted by Gasteiger charge is 2.51. The number of nitrogens with one attached hydrogen (secondary N) is 2. The minimum atomic E-state index is -0.810. The summed E-state index contributed by atoms with van der Waals surface area (Å²) in [7, 11) is 0. The molecule has 4 N–H and O–H groups in total. The lowest BCUT2D eigenvalue weighted by molar-refractivity contribution is -0.125. The molecule has 0 aromatic heterocycles. The van der Waals surface area contributed by atoms with E-state index >= 15 is 0 Å². The van der Waals surface area contributed by atoms with E-state index in [0.29, 0.717) is 6.42 Å². The van der Waals surface area contributed by atoms with E-state index in [0.717, 1.165) is 19.3 Å². The lowest BCUT2D eigenvalue weighted by atomic mass is 9.78. The van der Waals surface area contributed by atoms with E-state index in [4.69, 9.17) is 5.73 Å². The van der Waals surface area contributed by atoms with E-state index in [2.05, 4.69) is 10.6 Å². The van der Waals surface area contributed by atoms with Crippen molar-refractivity contribution in [1.29, 1.82) is 0 Å². The zero-order chi connectivity index (χ0) is 9.47. The minimum Gasteiger partial charge on any atom is -0.325 e. The van der Waals surface area contributed by atoms with Gasteiger partial charge in [0.2, 0.25) is 0 Å². The van der Waals surface area contributed by atoms with Gasteiger partial charge in [0.25, 0.3) is 5.91 Å². The lowest BCUT2D eigenvalue weighted by Crippen LogP contribution is -2.61. The highest BCUT2D eigenvalue weighted by atomic mass is 35.5. The summed E-state index contributed by atoms with van der Waals surface area (Å²) < 4.78 is 0. The third-order valence-corrected chi connectivity index (χ3v) is 2.94. The van der Waals surface area contributed by atoms with Gasteiger partial charge in [-0.05, 0) is 12.8 Å². The number of imide groups is 1. The summed E-state index contributed by atoms with van der Waals surface area (Å²) in [5, 5.41) is 4.88. The molecule has 5 nitrogen and oxygen atoms in total. The molecular weight excluding hydrogens is 206 g/mol. The number of nitrogens with two attached hydrogens (primary N) is 1. The van der Waals surface area contributed by atoms with Gasteiger partial charge in [-0.15, -0.1) is 12.4 Å². The second-order valence-corrected chi connectivity index (χ2v) is 3.73. The standard InChI is InChI=1S/C8H13N3O2.ClH/c9-5-3-1-2-4-8(5)6(12)10-7(13)11-8;/h5H,1-4,9H2,(H2,10,11,12,13);1H. The summed E-state index contributed by atoms with van der Waals surface area (Å²) >= 11 is 0. The summed E-state index contributed by atoms with van der Waals surface area (Å²) in [5.74, 6) is -0.260. The molecule has 2 aliphatic rings. The van der Waals surface area contributed by atoms with Crippen LogP contribution in [0.5, 0.6) is 0 Å². The van der Waals surface area contributed by atoms with Crippen LogP contribution in [0.15, 0.2) is 0 Å². The van der Waals surface area contributed by atoms with Crippen LogP contribution in [-0.2, 0) is 4.79 Å². The van der Waals surface area contributed by atoms with Crippen LogP contribution < -0.4 is 16.4 Å². The summed E-state index contributed by atoms with van der Waals surface area (Å²) in [4.78, 5) is 22.5. The smallest absolute Gasteiger partial charge is 0.322 e. The molecule has 1 saturated carbocycles. The first-order chi connectivity index (χ1) is 6.15. The van der Waals surface area contributed by atoms with Crippen molar-refractivity contribution in [3.05, 3.63) is 0 Å². The highest BCUT2D eigenvalue weighted by Crippen LogP contribution is 2.29. The van der Waals surface area contributed by atoms with Crippen LogP contribution in [0.2, 0.25) is 0 Å². The first-order valence-corrected chi connectivity index (χ1v) is 4.54. The van der Waals surface area contributed by atoms with E-state index in [1.165, 1.54) is 0 Å². The maximum atomic E-state index is 11.5. The number of carbonyl (C=O) groups excluding carboxylic acids is 2. The molecule has 0 radical (unpaired) electrons. The van der Waals surface area contributed by atoms with Gasteiger partial charge in [0.15, 0.2) is 0 Å². The van der Waals surface area contributed by atoms with Crippen molar-refractivity contribution in [2.24, 2.45) is 5.73 Å². The van der Waals surface area contributed by atoms with Gasteiger partial charge in [0, 0.05) is 6.04 Å². The van der Waals surface area contributed by atoms with Gasteiger partial charge in [-0.1, -0.05) is 12.8 Å². The van der Waals surface area contributed by atoms with Crippen molar-refractivity contribution in [3.8, 4) is 0 Å². The molecule has 1 heterocycles. The number of carbonyl (C=O) groups is 2. The van der Waals surface area contributed by atoms with Gasteiger partial charge >= 0.3 is 6.03 Å². The lowest BCUT2D eigenvalue weighted by Gasteiger charge is -2.35. The molecule has 1 spiro atoms. The van der Waals surface area contributed by atoms with Crippen molar-refractivity contribution in [2.45, 2.75) is 37.3 Å². The highest BCUT2D eigenvalue weighted by molar-refractivity contribution is 6.07. The monoisotopic (exact) mass is 219 g/mol. The largest absolute Gasteiger partial charge is 0.325 e. The van der Waals surface area contributed by atoms with Gasteiger partial charge < -0.3 is 11.1 Å². The van der Waals surface area contributed by atoms with Gasteiger partial charge in [-0.25, -0.2) is 4.79 Å². The predicted octanol–water partition coefficient (Wildman–Crippen LogP) is -0.112. The van der Waals surface area contributed by atoms with E-state index in [-0.39, 0.29) is 24.4 Å².